The Kier molecular flexibility index (Phi) is 7.35. The second kappa shape index (κ2) is 10.1. The van der Waals surface area contributed by atoms with E-state index >= 15 is 8.78 Å². The lowest BCUT2D eigenvalue weighted by molar-refractivity contribution is -0.144. The average Bonchev–Trinajstić information content (AvgIpc) is 2.78. The van der Waals surface area contributed by atoms with Gasteiger partial charge in [-0.15, -0.1) is 0 Å². The Bertz CT molecular complexity index is 1140. The Hall–Kier alpha value is -2.36. The van der Waals surface area contributed by atoms with Gasteiger partial charge in [0, 0.05) is 29.6 Å². The molecule has 0 aromatic heterocycles. The number of nitrogens with zero attached hydrogens (tertiary/aromatic N) is 1. The highest BCUT2D eigenvalue weighted by atomic mass is 32.2. The van der Waals surface area contributed by atoms with Crippen LogP contribution in [0.2, 0.25) is 0 Å². The number of rotatable bonds is 7. The smallest absolute Gasteiger partial charge is 0.313 e. The molecule has 2 aromatic carbocycles. The Labute approximate surface area is 198 Å². The molecule has 4 rings (SSSR count). The van der Waals surface area contributed by atoms with E-state index in [4.69, 9.17) is 9.47 Å². The summed E-state index contributed by atoms with van der Waals surface area (Å²) in [6.45, 7) is 2.41. The van der Waals surface area contributed by atoms with Gasteiger partial charge >= 0.3 is 5.97 Å². The van der Waals surface area contributed by atoms with Crippen LogP contribution in [0.1, 0.15) is 54.0 Å². The molecule has 0 radical (unpaired) electrons. The van der Waals surface area contributed by atoms with E-state index < -0.39 is 38.8 Å². The predicted molar refractivity (Wildman–Crippen MR) is 122 cm³/mol. The fourth-order valence-electron chi connectivity index (χ4n) is 4.76. The van der Waals surface area contributed by atoms with Gasteiger partial charge in [-0.3, -0.25) is 4.79 Å². The molecule has 2 saturated heterocycles. The monoisotopic (exact) mass is 493 g/mol. The molecule has 3 atom stereocenters. The molecule has 2 heterocycles. The van der Waals surface area contributed by atoms with Gasteiger partial charge in [0.15, 0.2) is 0 Å². The van der Waals surface area contributed by atoms with E-state index in [0.29, 0.717) is 38.0 Å². The third-order valence-corrected chi connectivity index (χ3v) is 9.19. The molecule has 2 fully saturated rings. The molecule has 2 aliphatic heterocycles. The highest BCUT2D eigenvalue weighted by Crippen LogP contribution is 2.39. The maximum absolute atomic E-state index is 15.2. The van der Waals surface area contributed by atoms with Crippen molar-refractivity contribution >= 4 is 16.0 Å². The summed E-state index contributed by atoms with van der Waals surface area (Å²) >= 11 is 0. The van der Waals surface area contributed by atoms with Crippen LogP contribution in [0.4, 0.5) is 8.78 Å². The van der Waals surface area contributed by atoms with Crippen molar-refractivity contribution in [3.8, 4) is 0 Å². The minimum atomic E-state index is -3.79. The van der Waals surface area contributed by atoms with Crippen LogP contribution in [0.5, 0.6) is 0 Å². The molecule has 9 heteroatoms. The fourth-order valence-corrected chi connectivity index (χ4v) is 6.95. The SMILES string of the molecule is COC(=O)C(CC1COC1)c1cc(F)c(CN2[C@@H](C)CC[C@H](c3ccccc3)S2(=O)=O)cc1F. The van der Waals surface area contributed by atoms with E-state index in [9.17, 15) is 13.2 Å². The van der Waals surface area contributed by atoms with Crippen LogP contribution in [0.25, 0.3) is 0 Å². The summed E-state index contributed by atoms with van der Waals surface area (Å²) < 4.78 is 68.4. The molecule has 0 amide bonds. The van der Waals surface area contributed by atoms with Gasteiger partial charge in [-0.1, -0.05) is 30.3 Å². The minimum Gasteiger partial charge on any atom is -0.469 e. The summed E-state index contributed by atoms with van der Waals surface area (Å²) in [7, 11) is -2.58. The van der Waals surface area contributed by atoms with Crippen LogP contribution in [-0.4, -0.2) is 45.1 Å². The van der Waals surface area contributed by atoms with Gasteiger partial charge in [0.05, 0.1) is 26.2 Å². The first-order valence-electron chi connectivity index (χ1n) is 11.4. The number of halogens is 2. The molecule has 0 bridgehead atoms. The normalized spacial score (nSPS) is 23.8. The van der Waals surface area contributed by atoms with Crippen molar-refractivity contribution in [1.29, 1.82) is 0 Å². The molecular weight excluding hydrogens is 464 g/mol. The van der Waals surface area contributed by atoms with Gasteiger partial charge in [0.25, 0.3) is 0 Å². The number of sulfonamides is 1. The fraction of sp³-hybridized carbons (Fsp3) is 0.480. The molecule has 34 heavy (non-hydrogen) atoms. The standard InChI is InChI=1S/C25H29F2NO5S/c1-16-8-9-24(18-6-4-3-5-7-18)34(30,31)28(16)13-19-11-23(27)20(12-22(19)26)21(25(29)32-2)10-17-14-33-15-17/h3-7,11-12,16-17,21,24H,8-10,13-15H2,1-2H3/t16-,21?,24+/m0/s1. The second-order valence-electron chi connectivity index (χ2n) is 9.10. The first-order chi connectivity index (χ1) is 16.2. The molecule has 0 aliphatic carbocycles. The van der Waals surface area contributed by atoms with Gasteiger partial charge in [-0.2, -0.15) is 4.31 Å². The number of esters is 1. The number of ether oxygens (including phenoxy) is 2. The van der Waals surface area contributed by atoms with Crippen LogP contribution < -0.4 is 0 Å². The predicted octanol–water partition coefficient (Wildman–Crippen LogP) is 4.31. The maximum atomic E-state index is 15.2. The van der Waals surface area contributed by atoms with E-state index in [1.165, 1.54) is 11.4 Å². The topological polar surface area (TPSA) is 72.9 Å². The summed E-state index contributed by atoms with van der Waals surface area (Å²) in [5.74, 6) is -3.04. The Morgan fingerprint density at radius 1 is 1.15 bits per heavy atom. The molecule has 6 nitrogen and oxygen atoms in total. The highest BCUT2D eigenvalue weighted by molar-refractivity contribution is 7.89. The van der Waals surface area contributed by atoms with Crippen molar-refractivity contribution in [3.63, 3.8) is 0 Å². The van der Waals surface area contributed by atoms with Crippen LogP contribution in [0.3, 0.4) is 0 Å². The van der Waals surface area contributed by atoms with E-state index in [1.807, 2.05) is 6.07 Å². The number of carbonyl (C=O) groups excluding carboxylic acids is 1. The first kappa shape index (κ1) is 24.8. The molecule has 0 N–H and O–H groups in total. The van der Waals surface area contributed by atoms with Crippen molar-refractivity contribution in [2.75, 3.05) is 20.3 Å². The summed E-state index contributed by atoms with van der Waals surface area (Å²) in [6.07, 6.45) is 1.36. The lowest BCUT2D eigenvalue weighted by Crippen LogP contribution is -2.44. The van der Waals surface area contributed by atoms with Gasteiger partial charge in [0.2, 0.25) is 10.0 Å². The van der Waals surface area contributed by atoms with Gasteiger partial charge < -0.3 is 9.47 Å². The Balaban J connectivity index is 1.62. The average molecular weight is 494 g/mol. The van der Waals surface area contributed by atoms with E-state index in [2.05, 4.69) is 0 Å². The highest BCUT2D eigenvalue weighted by Gasteiger charge is 2.41. The van der Waals surface area contributed by atoms with Gasteiger partial charge in [-0.05, 0) is 43.9 Å². The van der Waals surface area contributed by atoms with Crippen LogP contribution in [0, 0.1) is 17.6 Å². The molecule has 184 valence electrons. The number of methoxy groups -OCH3 is 1. The van der Waals surface area contributed by atoms with E-state index in [-0.39, 0.29) is 29.6 Å². The Morgan fingerprint density at radius 3 is 2.47 bits per heavy atom. The molecule has 2 aliphatic rings. The first-order valence-corrected chi connectivity index (χ1v) is 12.9. The van der Waals surface area contributed by atoms with Crippen molar-refractivity contribution in [2.24, 2.45) is 5.92 Å². The summed E-state index contributed by atoms with van der Waals surface area (Å²) in [6, 6.07) is 10.6. The largest absolute Gasteiger partial charge is 0.469 e. The van der Waals surface area contributed by atoms with Crippen LogP contribution in [0.15, 0.2) is 42.5 Å². The van der Waals surface area contributed by atoms with Crippen LogP contribution in [-0.2, 0) is 30.8 Å². The number of carbonyl (C=O) groups is 1. The van der Waals surface area contributed by atoms with Crippen LogP contribution >= 0.6 is 0 Å². The van der Waals surface area contributed by atoms with Crippen molar-refractivity contribution < 1.29 is 31.5 Å². The Morgan fingerprint density at radius 2 is 1.85 bits per heavy atom. The second-order valence-corrected chi connectivity index (χ2v) is 11.2. The van der Waals surface area contributed by atoms with Crippen molar-refractivity contribution in [2.45, 2.75) is 49.9 Å². The lowest BCUT2D eigenvalue weighted by Gasteiger charge is -2.37. The molecular formula is C25H29F2NO5S. The molecule has 0 saturated carbocycles. The van der Waals surface area contributed by atoms with Gasteiger partial charge in [0.1, 0.15) is 16.9 Å². The number of hydrogen-bond donors (Lipinski definition) is 0. The number of benzene rings is 2. The summed E-state index contributed by atoms with van der Waals surface area (Å²) in [5, 5.41) is -0.731. The third-order valence-electron chi connectivity index (χ3n) is 6.83. The van der Waals surface area contributed by atoms with Crippen molar-refractivity contribution in [1.82, 2.24) is 4.31 Å². The quantitative estimate of drug-likeness (QED) is 0.538. The lowest BCUT2D eigenvalue weighted by atomic mass is 9.87. The maximum Gasteiger partial charge on any atom is 0.313 e. The zero-order valence-electron chi connectivity index (χ0n) is 19.2. The molecule has 2 aromatic rings. The summed E-state index contributed by atoms with van der Waals surface area (Å²) in [4.78, 5) is 12.3. The van der Waals surface area contributed by atoms with Crippen molar-refractivity contribution in [3.05, 3.63) is 70.8 Å². The molecule has 1 unspecified atom stereocenters. The van der Waals surface area contributed by atoms with Gasteiger partial charge in [-0.25, -0.2) is 17.2 Å². The zero-order chi connectivity index (χ0) is 24.5. The molecule has 0 spiro atoms. The zero-order valence-corrected chi connectivity index (χ0v) is 20.1. The minimum absolute atomic E-state index is 0.0685. The van der Waals surface area contributed by atoms with E-state index in [1.54, 1.807) is 31.2 Å². The third kappa shape index (κ3) is 4.87. The number of hydrogen-bond acceptors (Lipinski definition) is 5. The van der Waals surface area contributed by atoms with E-state index in [0.717, 1.165) is 12.1 Å². The summed E-state index contributed by atoms with van der Waals surface area (Å²) in [5.41, 5.74) is 0.528.